The topological polar surface area (TPSA) is 67.2 Å². The highest BCUT2D eigenvalue weighted by molar-refractivity contribution is 9.10. The predicted molar refractivity (Wildman–Crippen MR) is 66.7 cm³/mol. The maximum absolute atomic E-state index is 11.8. The van der Waals surface area contributed by atoms with E-state index in [9.17, 15) is 4.79 Å². The van der Waals surface area contributed by atoms with Gasteiger partial charge in [0.05, 0.1) is 11.9 Å². The van der Waals surface area contributed by atoms with E-state index in [2.05, 4.69) is 26.3 Å². The molecule has 2 N–H and O–H groups in total. The summed E-state index contributed by atoms with van der Waals surface area (Å²) in [5, 5.41) is 15.7. The molecule has 0 aliphatic carbocycles. The van der Waals surface area contributed by atoms with Gasteiger partial charge in [-0.2, -0.15) is 5.10 Å². The highest BCUT2D eigenvalue weighted by atomic mass is 79.9. The van der Waals surface area contributed by atoms with Crippen LogP contribution in [0.3, 0.4) is 0 Å². The lowest BCUT2D eigenvalue weighted by Gasteiger charge is -2.09. The molecule has 0 amide bonds. The number of aliphatic hydroxyl groups is 1. The molecule has 0 aromatic carbocycles. The Morgan fingerprint density at radius 3 is 3.00 bits per heavy atom. The van der Waals surface area contributed by atoms with Crippen molar-refractivity contribution in [3.8, 4) is 0 Å². The monoisotopic (exact) mass is 289 g/mol. The van der Waals surface area contributed by atoms with Crippen LogP contribution >= 0.6 is 15.9 Å². The Labute approximate surface area is 103 Å². The number of aryl methyl sites for hydroxylation is 1. The molecule has 16 heavy (non-hydrogen) atoms. The standard InChI is InChI=1S/C10H16BrN3O2/c1-2-5-14-10(16)9(11)8(7-13-14)12-4-3-6-15/h7,12,15H,2-6H2,1H3. The zero-order chi connectivity index (χ0) is 12.0. The van der Waals surface area contributed by atoms with Crippen molar-refractivity contribution in [1.82, 2.24) is 9.78 Å². The highest BCUT2D eigenvalue weighted by Gasteiger charge is 2.07. The van der Waals surface area contributed by atoms with E-state index in [1.165, 1.54) is 4.68 Å². The lowest BCUT2D eigenvalue weighted by molar-refractivity contribution is 0.292. The highest BCUT2D eigenvalue weighted by Crippen LogP contribution is 2.15. The van der Waals surface area contributed by atoms with Crippen LogP contribution in [0.25, 0.3) is 0 Å². The first-order valence-electron chi connectivity index (χ1n) is 5.31. The molecule has 1 aromatic rings. The number of halogens is 1. The first kappa shape index (κ1) is 13.2. The molecule has 6 heteroatoms. The van der Waals surface area contributed by atoms with E-state index in [0.717, 1.165) is 6.42 Å². The van der Waals surface area contributed by atoms with Crippen LogP contribution in [0.4, 0.5) is 5.69 Å². The van der Waals surface area contributed by atoms with Crippen LogP contribution in [0.15, 0.2) is 15.5 Å². The van der Waals surface area contributed by atoms with Gasteiger partial charge in [-0.05, 0) is 28.8 Å². The number of aliphatic hydroxyl groups excluding tert-OH is 1. The molecule has 90 valence electrons. The molecule has 1 aromatic heterocycles. The number of anilines is 1. The van der Waals surface area contributed by atoms with Gasteiger partial charge in [-0.15, -0.1) is 0 Å². The Kier molecular flexibility index (Phi) is 5.48. The van der Waals surface area contributed by atoms with Crippen molar-refractivity contribution >= 4 is 21.6 Å². The summed E-state index contributed by atoms with van der Waals surface area (Å²) in [6.07, 6.45) is 3.14. The van der Waals surface area contributed by atoms with E-state index in [-0.39, 0.29) is 12.2 Å². The molecule has 0 bridgehead atoms. The summed E-state index contributed by atoms with van der Waals surface area (Å²) >= 11 is 3.25. The first-order valence-corrected chi connectivity index (χ1v) is 6.10. The van der Waals surface area contributed by atoms with Gasteiger partial charge in [0, 0.05) is 19.7 Å². The number of nitrogens with one attached hydrogen (secondary N) is 1. The van der Waals surface area contributed by atoms with Gasteiger partial charge in [-0.3, -0.25) is 4.79 Å². The second kappa shape index (κ2) is 6.65. The molecule has 5 nitrogen and oxygen atoms in total. The molecule has 0 aliphatic heterocycles. The average Bonchev–Trinajstić information content (AvgIpc) is 2.28. The third-order valence-corrected chi connectivity index (χ3v) is 2.84. The summed E-state index contributed by atoms with van der Waals surface area (Å²) in [6, 6.07) is 0. The molecule has 0 saturated carbocycles. The SMILES string of the molecule is CCCn1ncc(NCCCO)c(Br)c1=O. The molecule has 0 aliphatic rings. The van der Waals surface area contributed by atoms with Crippen LogP contribution < -0.4 is 10.9 Å². The zero-order valence-corrected chi connectivity index (χ0v) is 10.8. The van der Waals surface area contributed by atoms with Crippen LogP contribution in [-0.4, -0.2) is 28.0 Å². The van der Waals surface area contributed by atoms with E-state index < -0.39 is 0 Å². The lowest BCUT2D eigenvalue weighted by atomic mass is 10.4. The minimum atomic E-state index is -0.129. The fraction of sp³-hybridized carbons (Fsp3) is 0.600. The molecule has 0 saturated heterocycles. The molecule has 0 spiro atoms. The van der Waals surface area contributed by atoms with Crippen molar-refractivity contribution in [2.45, 2.75) is 26.3 Å². The summed E-state index contributed by atoms with van der Waals surface area (Å²) < 4.78 is 1.93. The molecule has 0 fully saturated rings. The smallest absolute Gasteiger partial charge is 0.283 e. The van der Waals surface area contributed by atoms with Crippen molar-refractivity contribution in [2.75, 3.05) is 18.5 Å². The number of nitrogens with zero attached hydrogens (tertiary/aromatic N) is 2. The molecule has 1 heterocycles. The zero-order valence-electron chi connectivity index (χ0n) is 9.24. The normalized spacial score (nSPS) is 10.4. The largest absolute Gasteiger partial charge is 0.396 e. The third kappa shape index (κ3) is 3.31. The van der Waals surface area contributed by atoms with Gasteiger partial charge in [0.2, 0.25) is 0 Å². The summed E-state index contributed by atoms with van der Waals surface area (Å²) in [7, 11) is 0. The Hall–Kier alpha value is -0.880. The van der Waals surface area contributed by atoms with E-state index in [4.69, 9.17) is 5.11 Å². The quantitative estimate of drug-likeness (QED) is 0.773. The fourth-order valence-corrected chi connectivity index (χ4v) is 1.71. The fourth-order valence-electron chi connectivity index (χ4n) is 1.26. The van der Waals surface area contributed by atoms with Crippen LogP contribution in [0.2, 0.25) is 0 Å². The van der Waals surface area contributed by atoms with Gasteiger partial charge >= 0.3 is 0 Å². The Morgan fingerprint density at radius 2 is 2.38 bits per heavy atom. The van der Waals surface area contributed by atoms with Crippen LogP contribution in [0, 0.1) is 0 Å². The van der Waals surface area contributed by atoms with Gasteiger partial charge in [0.15, 0.2) is 0 Å². The maximum atomic E-state index is 11.8. The third-order valence-electron chi connectivity index (χ3n) is 2.07. The van der Waals surface area contributed by atoms with Crippen molar-refractivity contribution in [1.29, 1.82) is 0 Å². The van der Waals surface area contributed by atoms with Crippen molar-refractivity contribution in [2.24, 2.45) is 0 Å². The summed E-state index contributed by atoms with van der Waals surface area (Å²) in [5.41, 5.74) is 0.543. The van der Waals surface area contributed by atoms with Crippen LogP contribution in [0.5, 0.6) is 0 Å². The average molecular weight is 290 g/mol. The Bertz CT molecular complexity index is 392. The van der Waals surface area contributed by atoms with E-state index in [1.807, 2.05) is 6.92 Å². The van der Waals surface area contributed by atoms with Gasteiger partial charge in [0.25, 0.3) is 5.56 Å². The Balaban J connectivity index is 2.81. The number of hydrogen-bond donors (Lipinski definition) is 2. The minimum Gasteiger partial charge on any atom is -0.396 e. The minimum absolute atomic E-state index is 0.129. The second-order valence-electron chi connectivity index (χ2n) is 3.40. The van der Waals surface area contributed by atoms with Crippen LogP contribution in [-0.2, 0) is 6.54 Å². The number of rotatable bonds is 6. The predicted octanol–water partition coefficient (Wildman–Crippen LogP) is 1.21. The molecular formula is C10H16BrN3O2. The van der Waals surface area contributed by atoms with E-state index >= 15 is 0 Å². The van der Waals surface area contributed by atoms with Gasteiger partial charge in [-0.1, -0.05) is 6.92 Å². The number of hydrogen-bond acceptors (Lipinski definition) is 4. The second-order valence-corrected chi connectivity index (χ2v) is 4.20. The summed E-state index contributed by atoms with van der Waals surface area (Å²) in [5.74, 6) is 0. The van der Waals surface area contributed by atoms with Gasteiger partial charge in [0.1, 0.15) is 4.47 Å². The molecular weight excluding hydrogens is 274 g/mol. The van der Waals surface area contributed by atoms with Crippen molar-refractivity contribution in [3.05, 3.63) is 21.0 Å². The maximum Gasteiger partial charge on any atom is 0.283 e. The van der Waals surface area contributed by atoms with Gasteiger partial charge < -0.3 is 10.4 Å². The lowest BCUT2D eigenvalue weighted by Crippen LogP contribution is -2.24. The molecule has 0 atom stereocenters. The van der Waals surface area contributed by atoms with Crippen LogP contribution in [0.1, 0.15) is 19.8 Å². The summed E-state index contributed by atoms with van der Waals surface area (Å²) in [6.45, 7) is 3.36. The molecule has 0 radical (unpaired) electrons. The summed E-state index contributed by atoms with van der Waals surface area (Å²) in [4.78, 5) is 11.8. The molecule has 1 rings (SSSR count). The molecule has 0 unspecified atom stereocenters. The van der Waals surface area contributed by atoms with E-state index in [1.54, 1.807) is 6.20 Å². The number of aromatic nitrogens is 2. The van der Waals surface area contributed by atoms with Gasteiger partial charge in [-0.25, -0.2) is 4.68 Å². The van der Waals surface area contributed by atoms with E-state index in [0.29, 0.717) is 29.7 Å². The first-order chi connectivity index (χ1) is 7.70. The Morgan fingerprint density at radius 1 is 1.62 bits per heavy atom. The van der Waals surface area contributed by atoms with Crippen molar-refractivity contribution in [3.63, 3.8) is 0 Å². The van der Waals surface area contributed by atoms with Crippen molar-refractivity contribution < 1.29 is 5.11 Å².